The Morgan fingerprint density at radius 3 is 2.68 bits per heavy atom. The lowest BCUT2D eigenvalue weighted by molar-refractivity contribution is -0.0640. The first-order valence-corrected chi connectivity index (χ1v) is 8.03. The van der Waals surface area contributed by atoms with Crippen molar-refractivity contribution >= 4 is 21.6 Å². The summed E-state index contributed by atoms with van der Waals surface area (Å²) in [5, 5.41) is 0. The van der Waals surface area contributed by atoms with Gasteiger partial charge in [0, 0.05) is 19.2 Å². The third kappa shape index (κ3) is 2.97. The molecule has 1 aromatic heterocycles. The highest BCUT2D eigenvalue weighted by molar-refractivity contribution is 7.89. The molecule has 2 rings (SSSR count). The Hall–Kier alpha value is -0.560. The van der Waals surface area contributed by atoms with Gasteiger partial charge in [0.2, 0.25) is 10.0 Å². The summed E-state index contributed by atoms with van der Waals surface area (Å²) >= 11 is 5.67. The van der Waals surface area contributed by atoms with E-state index in [4.69, 9.17) is 20.8 Å². The average Bonchev–Trinajstić information content (AvgIpc) is 2.70. The molecule has 0 bridgehead atoms. The SMILES string of the molecule is Cc1oc(CCl)cc1S(=O)(=O)N1CCOC(C)(C)C1. The maximum absolute atomic E-state index is 12.6. The van der Waals surface area contributed by atoms with E-state index in [0.29, 0.717) is 31.2 Å². The van der Waals surface area contributed by atoms with Crippen LogP contribution in [0.1, 0.15) is 25.4 Å². The lowest BCUT2D eigenvalue weighted by atomic mass is 10.1. The van der Waals surface area contributed by atoms with Gasteiger partial charge >= 0.3 is 0 Å². The van der Waals surface area contributed by atoms with E-state index in [-0.39, 0.29) is 10.8 Å². The number of nitrogens with zero attached hydrogens (tertiary/aromatic N) is 1. The Morgan fingerprint density at radius 2 is 2.16 bits per heavy atom. The van der Waals surface area contributed by atoms with Crippen molar-refractivity contribution in [3.05, 3.63) is 17.6 Å². The quantitative estimate of drug-likeness (QED) is 0.803. The molecular weight excluding hydrogens is 290 g/mol. The Bertz CT molecular complexity index is 564. The van der Waals surface area contributed by atoms with Crippen molar-refractivity contribution in [2.24, 2.45) is 0 Å². The molecule has 0 unspecified atom stereocenters. The van der Waals surface area contributed by atoms with Gasteiger partial charge in [-0.05, 0) is 20.8 Å². The van der Waals surface area contributed by atoms with E-state index in [1.54, 1.807) is 6.92 Å². The molecule has 0 aromatic carbocycles. The fourth-order valence-electron chi connectivity index (χ4n) is 2.16. The number of morpholine rings is 1. The van der Waals surface area contributed by atoms with Crippen LogP contribution in [0.5, 0.6) is 0 Å². The summed E-state index contributed by atoms with van der Waals surface area (Å²) in [5.41, 5.74) is -0.474. The van der Waals surface area contributed by atoms with E-state index in [1.807, 2.05) is 13.8 Å². The Labute approximate surface area is 118 Å². The minimum Gasteiger partial charge on any atom is -0.464 e. The average molecular weight is 308 g/mol. The van der Waals surface area contributed by atoms with Crippen molar-refractivity contribution in [1.82, 2.24) is 4.31 Å². The van der Waals surface area contributed by atoms with Crippen LogP contribution in [0.3, 0.4) is 0 Å². The molecule has 0 spiro atoms. The van der Waals surface area contributed by atoms with Crippen LogP contribution in [0.15, 0.2) is 15.4 Å². The molecule has 19 heavy (non-hydrogen) atoms. The lowest BCUT2D eigenvalue weighted by Gasteiger charge is -2.37. The zero-order valence-corrected chi connectivity index (χ0v) is 12.8. The standard InChI is InChI=1S/C12H18ClNO4S/c1-9-11(6-10(7-13)18-9)19(15,16)14-4-5-17-12(2,3)8-14/h6H,4-5,7-8H2,1-3H3. The van der Waals surface area contributed by atoms with Gasteiger partial charge in [0.25, 0.3) is 0 Å². The number of hydrogen-bond acceptors (Lipinski definition) is 4. The summed E-state index contributed by atoms with van der Waals surface area (Å²) in [7, 11) is -3.55. The lowest BCUT2D eigenvalue weighted by Crippen LogP contribution is -2.50. The maximum atomic E-state index is 12.6. The summed E-state index contributed by atoms with van der Waals surface area (Å²) in [6.45, 7) is 6.46. The molecule has 0 radical (unpaired) electrons. The summed E-state index contributed by atoms with van der Waals surface area (Å²) in [6, 6.07) is 1.50. The number of hydrogen-bond donors (Lipinski definition) is 0. The zero-order chi connectivity index (χ0) is 14.3. The molecule has 108 valence electrons. The second kappa shape index (κ2) is 5.09. The summed E-state index contributed by atoms with van der Waals surface area (Å²) in [4.78, 5) is 0.195. The number of rotatable bonds is 3. The summed E-state index contributed by atoms with van der Waals surface area (Å²) in [5.74, 6) is 0.996. The number of aryl methyl sites for hydroxylation is 1. The highest BCUT2D eigenvalue weighted by Gasteiger charge is 2.36. The van der Waals surface area contributed by atoms with E-state index in [1.165, 1.54) is 10.4 Å². The van der Waals surface area contributed by atoms with Gasteiger partial charge in [-0.15, -0.1) is 11.6 Å². The second-order valence-corrected chi connectivity index (χ2v) is 7.39. The number of halogens is 1. The van der Waals surface area contributed by atoms with Crippen molar-refractivity contribution < 1.29 is 17.6 Å². The van der Waals surface area contributed by atoms with Crippen molar-refractivity contribution in [1.29, 1.82) is 0 Å². The highest BCUT2D eigenvalue weighted by Crippen LogP contribution is 2.27. The van der Waals surface area contributed by atoms with Crippen LogP contribution in [0, 0.1) is 6.92 Å². The molecule has 5 nitrogen and oxygen atoms in total. The molecule has 1 aromatic rings. The molecular formula is C12H18ClNO4S. The first-order valence-electron chi connectivity index (χ1n) is 6.06. The van der Waals surface area contributed by atoms with Gasteiger partial charge in [0.05, 0.1) is 18.1 Å². The highest BCUT2D eigenvalue weighted by atomic mass is 35.5. The van der Waals surface area contributed by atoms with E-state index in [9.17, 15) is 8.42 Å². The molecule has 1 fully saturated rings. The van der Waals surface area contributed by atoms with E-state index < -0.39 is 15.6 Å². The molecule has 1 aliphatic heterocycles. The normalized spacial score (nSPS) is 20.6. The van der Waals surface area contributed by atoms with Crippen LogP contribution < -0.4 is 0 Å². The second-order valence-electron chi connectivity index (χ2n) is 5.21. The monoisotopic (exact) mass is 307 g/mol. The van der Waals surface area contributed by atoms with Crippen molar-refractivity contribution in [3.8, 4) is 0 Å². The fraction of sp³-hybridized carbons (Fsp3) is 0.667. The Balaban J connectivity index is 2.34. The van der Waals surface area contributed by atoms with Crippen LogP contribution in [-0.4, -0.2) is 38.0 Å². The van der Waals surface area contributed by atoms with Crippen molar-refractivity contribution in [2.75, 3.05) is 19.7 Å². The predicted molar refractivity (Wildman–Crippen MR) is 71.8 cm³/mol. The molecule has 0 N–H and O–H groups in total. The number of furan rings is 1. The van der Waals surface area contributed by atoms with Gasteiger partial charge in [0.15, 0.2) is 0 Å². The molecule has 0 amide bonds. The molecule has 1 saturated heterocycles. The number of sulfonamides is 1. The first kappa shape index (κ1) is 14.8. The third-order valence-corrected chi connectivity index (χ3v) is 5.28. The maximum Gasteiger partial charge on any atom is 0.246 e. The number of ether oxygens (including phenoxy) is 1. The molecule has 2 heterocycles. The van der Waals surface area contributed by atoms with Crippen LogP contribution in [0.25, 0.3) is 0 Å². The van der Waals surface area contributed by atoms with Gasteiger partial charge in [-0.2, -0.15) is 4.31 Å². The molecule has 7 heteroatoms. The molecule has 1 aliphatic rings. The topological polar surface area (TPSA) is 59.8 Å². The van der Waals surface area contributed by atoms with E-state index >= 15 is 0 Å². The van der Waals surface area contributed by atoms with E-state index in [2.05, 4.69) is 0 Å². The fourth-order valence-corrected chi connectivity index (χ4v) is 4.05. The Kier molecular flexibility index (Phi) is 3.97. The Morgan fingerprint density at radius 1 is 1.47 bits per heavy atom. The largest absolute Gasteiger partial charge is 0.464 e. The first-order chi connectivity index (χ1) is 8.76. The van der Waals surface area contributed by atoms with Gasteiger partial charge in [-0.1, -0.05) is 0 Å². The summed E-state index contributed by atoms with van der Waals surface area (Å²) in [6.07, 6.45) is 0. The van der Waals surface area contributed by atoms with Crippen LogP contribution in [0.4, 0.5) is 0 Å². The van der Waals surface area contributed by atoms with Gasteiger partial charge in [-0.3, -0.25) is 0 Å². The van der Waals surface area contributed by atoms with Gasteiger partial charge < -0.3 is 9.15 Å². The minimum absolute atomic E-state index is 0.158. The molecule has 0 saturated carbocycles. The van der Waals surface area contributed by atoms with Crippen LogP contribution >= 0.6 is 11.6 Å². The smallest absolute Gasteiger partial charge is 0.246 e. The van der Waals surface area contributed by atoms with Crippen molar-refractivity contribution in [2.45, 2.75) is 37.1 Å². The van der Waals surface area contributed by atoms with Crippen molar-refractivity contribution in [3.63, 3.8) is 0 Å². The van der Waals surface area contributed by atoms with Crippen LogP contribution in [0.2, 0.25) is 0 Å². The predicted octanol–water partition coefficient (Wildman–Crippen LogP) is 2.13. The zero-order valence-electron chi connectivity index (χ0n) is 11.3. The molecule has 0 atom stereocenters. The van der Waals surface area contributed by atoms with Crippen LogP contribution in [-0.2, 0) is 20.6 Å². The van der Waals surface area contributed by atoms with Gasteiger partial charge in [-0.25, -0.2) is 8.42 Å². The third-order valence-electron chi connectivity index (χ3n) is 3.06. The number of alkyl halides is 1. The van der Waals surface area contributed by atoms with E-state index in [0.717, 1.165) is 0 Å². The van der Waals surface area contributed by atoms with Gasteiger partial charge in [0.1, 0.15) is 16.4 Å². The summed E-state index contributed by atoms with van der Waals surface area (Å²) < 4.78 is 37.5. The molecule has 0 aliphatic carbocycles. The minimum atomic E-state index is -3.55.